The molecular weight excluding hydrogens is 585 g/mol. The summed E-state index contributed by atoms with van der Waals surface area (Å²) in [5.41, 5.74) is 2.10. The van der Waals surface area contributed by atoms with E-state index in [0.717, 1.165) is 34.5 Å². The highest BCUT2D eigenvalue weighted by atomic mass is 32.2. The molecule has 1 aliphatic heterocycles. The Labute approximate surface area is 243 Å². The van der Waals surface area contributed by atoms with E-state index in [2.05, 4.69) is 4.98 Å². The number of pyridine rings is 1. The molecule has 13 heteroatoms. The van der Waals surface area contributed by atoms with Gasteiger partial charge in [-0.05, 0) is 47.5 Å². The minimum Gasteiger partial charge on any atom is -0.497 e. The number of amides is 1. The van der Waals surface area contributed by atoms with Crippen LogP contribution in [-0.2, 0) is 39.6 Å². The van der Waals surface area contributed by atoms with Gasteiger partial charge in [-0.3, -0.25) is 14.1 Å². The Balaban J connectivity index is 1.66. The zero-order chi connectivity index (χ0) is 30.4. The largest absolute Gasteiger partial charge is 0.497 e. The summed E-state index contributed by atoms with van der Waals surface area (Å²) < 4.78 is 76.8. The zero-order valence-electron chi connectivity index (χ0n) is 23.3. The first-order chi connectivity index (χ1) is 19.8. The van der Waals surface area contributed by atoms with E-state index in [1.54, 1.807) is 31.4 Å². The molecule has 0 saturated heterocycles. The Morgan fingerprint density at radius 1 is 1.05 bits per heavy atom. The number of aromatic nitrogens is 1. The van der Waals surface area contributed by atoms with Gasteiger partial charge in [0.15, 0.2) is 15.6 Å². The van der Waals surface area contributed by atoms with E-state index in [9.17, 15) is 26.0 Å². The van der Waals surface area contributed by atoms with Crippen LogP contribution in [0.2, 0.25) is 0 Å². The van der Waals surface area contributed by atoms with Crippen molar-refractivity contribution in [2.24, 2.45) is 0 Å². The summed E-state index contributed by atoms with van der Waals surface area (Å²) in [6.07, 6.45) is 3.54. The molecule has 4 aromatic rings. The van der Waals surface area contributed by atoms with Gasteiger partial charge in [-0.15, -0.1) is 0 Å². The molecule has 220 valence electrons. The van der Waals surface area contributed by atoms with Crippen LogP contribution in [0.3, 0.4) is 0 Å². The Hall–Kier alpha value is -4.23. The van der Waals surface area contributed by atoms with Crippen molar-refractivity contribution in [3.8, 4) is 11.5 Å². The number of halogens is 1. The number of nitrogens with zero attached hydrogens (tertiary/aromatic N) is 3. The lowest BCUT2D eigenvalue weighted by molar-refractivity contribution is 0.0762. The fraction of sp³-hybridized carbons (Fsp3) is 0.241. The highest BCUT2D eigenvalue weighted by molar-refractivity contribution is 7.92. The third-order valence-electron chi connectivity index (χ3n) is 7.09. The molecule has 0 radical (unpaired) electrons. The third-order valence-corrected chi connectivity index (χ3v) is 9.44. The fourth-order valence-corrected chi connectivity index (χ4v) is 6.47. The zero-order valence-corrected chi connectivity index (χ0v) is 24.9. The van der Waals surface area contributed by atoms with Crippen molar-refractivity contribution in [1.29, 1.82) is 0 Å². The predicted molar refractivity (Wildman–Crippen MR) is 155 cm³/mol. The minimum atomic E-state index is -3.82. The summed E-state index contributed by atoms with van der Waals surface area (Å²) >= 11 is 0. The minimum absolute atomic E-state index is 0.0479. The van der Waals surface area contributed by atoms with Gasteiger partial charge in [0, 0.05) is 43.5 Å². The standard InChI is InChI=1S/C29H28FN3O7S2/c1-32(42(4,37)38)27-22-6-5-13-31-26(22)28(40-17-18-7-11-21(39-2)12-8-18)25-23(27)16-33(29(25)34)15-19-9-10-20(30)14-24(19)41(3,35)36/h5-14H,15-17H2,1-4H3. The summed E-state index contributed by atoms with van der Waals surface area (Å²) in [6, 6.07) is 13.9. The van der Waals surface area contributed by atoms with E-state index >= 15 is 0 Å². The maximum absolute atomic E-state index is 14.0. The number of sulfone groups is 1. The van der Waals surface area contributed by atoms with Crippen LogP contribution in [0.5, 0.6) is 11.5 Å². The van der Waals surface area contributed by atoms with Crippen molar-refractivity contribution >= 4 is 42.4 Å². The lowest BCUT2D eigenvalue weighted by atomic mass is 10.0. The maximum Gasteiger partial charge on any atom is 0.258 e. The Morgan fingerprint density at radius 3 is 2.40 bits per heavy atom. The Morgan fingerprint density at radius 2 is 1.76 bits per heavy atom. The quantitative estimate of drug-likeness (QED) is 0.278. The SMILES string of the molecule is COc1ccc(COc2c3c(c(N(C)S(C)(=O)=O)c4cccnc24)CN(Cc2ccc(F)cc2S(C)(=O)=O)C3=O)cc1. The molecule has 10 nitrogen and oxygen atoms in total. The number of carbonyl (C=O) groups is 1. The summed E-state index contributed by atoms with van der Waals surface area (Å²) in [4.78, 5) is 19.6. The number of methoxy groups -OCH3 is 1. The van der Waals surface area contributed by atoms with Gasteiger partial charge in [-0.1, -0.05) is 18.2 Å². The molecule has 0 bridgehead atoms. The van der Waals surface area contributed by atoms with Crippen LogP contribution in [0.4, 0.5) is 10.1 Å². The highest BCUT2D eigenvalue weighted by Crippen LogP contribution is 2.45. The van der Waals surface area contributed by atoms with Crippen LogP contribution in [-0.4, -0.2) is 59.3 Å². The first-order valence-electron chi connectivity index (χ1n) is 12.7. The second-order valence-corrected chi connectivity index (χ2v) is 14.0. The predicted octanol–water partition coefficient (Wildman–Crippen LogP) is 3.92. The summed E-state index contributed by atoms with van der Waals surface area (Å²) in [6.45, 7) is -0.138. The Bertz CT molecular complexity index is 1930. The molecule has 1 aliphatic rings. The molecule has 0 saturated carbocycles. The van der Waals surface area contributed by atoms with E-state index in [1.807, 2.05) is 12.1 Å². The molecule has 0 unspecified atom stereocenters. The Kier molecular flexibility index (Phi) is 7.58. The van der Waals surface area contributed by atoms with Gasteiger partial charge < -0.3 is 14.4 Å². The van der Waals surface area contributed by atoms with Crippen LogP contribution in [0.1, 0.15) is 27.0 Å². The molecule has 1 amide bonds. The van der Waals surface area contributed by atoms with Gasteiger partial charge in [0.05, 0.1) is 29.5 Å². The molecule has 0 aliphatic carbocycles. The van der Waals surface area contributed by atoms with Crippen LogP contribution < -0.4 is 13.8 Å². The molecular formula is C29H28FN3O7S2. The van der Waals surface area contributed by atoms with Crippen molar-refractivity contribution < 1.29 is 35.5 Å². The number of hydrogen-bond donors (Lipinski definition) is 0. The van der Waals surface area contributed by atoms with E-state index in [-0.39, 0.29) is 47.2 Å². The van der Waals surface area contributed by atoms with Crippen LogP contribution in [0, 0.1) is 5.82 Å². The van der Waals surface area contributed by atoms with Crippen molar-refractivity contribution in [2.75, 3.05) is 31.0 Å². The molecule has 2 heterocycles. The second kappa shape index (κ2) is 10.9. The van der Waals surface area contributed by atoms with E-state index < -0.39 is 31.6 Å². The fourth-order valence-electron chi connectivity index (χ4n) is 5.00. The van der Waals surface area contributed by atoms with Crippen LogP contribution in [0.15, 0.2) is 65.7 Å². The van der Waals surface area contributed by atoms with E-state index in [4.69, 9.17) is 9.47 Å². The van der Waals surface area contributed by atoms with Crippen molar-refractivity contribution in [3.05, 3.63) is 88.9 Å². The maximum atomic E-state index is 14.0. The van der Waals surface area contributed by atoms with Crippen LogP contribution >= 0.6 is 0 Å². The lowest BCUT2D eigenvalue weighted by Gasteiger charge is -2.23. The molecule has 5 rings (SSSR count). The molecule has 0 N–H and O–H groups in total. The van der Waals surface area contributed by atoms with Gasteiger partial charge >= 0.3 is 0 Å². The van der Waals surface area contributed by atoms with Gasteiger partial charge in [0.1, 0.15) is 23.7 Å². The number of benzene rings is 3. The molecule has 0 atom stereocenters. The molecule has 1 aromatic heterocycles. The van der Waals surface area contributed by atoms with Gasteiger partial charge in [-0.2, -0.15) is 0 Å². The molecule has 42 heavy (non-hydrogen) atoms. The highest BCUT2D eigenvalue weighted by Gasteiger charge is 2.38. The number of anilines is 1. The third kappa shape index (κ3) is 5.49. The number of rotatable bonds is 9. The van der Waals surface area contributed by atoms with Crippen molar-refractivity contribution in [1.82, 2.24) is 9.88 Å². The summed E-state index contributed by atoms with van der Waals surface area (Å²) in [5.74, 6) is -0.384. The van der Waals surface area contributed by atoms with Crippen LogP contribution in [0.25, 0.3) is 10.9 Å². The van der Waals surface area contributed by atoms with Gasteiger partial charge in [0.2, 0.25) is 10.0 Å². The number of fused-ring (bicyclic) bond motifs is 2. The number of sulfonamides is 1. The average molecular weight is 614 g/mol. The second-order valence-electron chi connectivity index (χ2n) is 9.98. The average Bonchev–Trinajstić information content (AvgIpc) is 3.26. The first kappa shape index (κ1) is 29.3. The van der Waals surface area contributed by atoms with Gasteiger partial charge in [0.25, 0.3) is 5.91 Å². The number of ether oxygens (including phenoxy) is 2. The van der Waals surface area contributed by atoms with E-state index in [1.165, 1.54) is 24.2 Å². The monoisotopic (exact) mass is 613 g/mol. The summed E-state index contributed by atoms with van der Waals surface area (Å²) in [7, 11) is -4.63. The van der Waals surface area contributed by atoms with E-state index in [0.29, 0.717) is 22.2 Å². The lowest BCUT2D eigenvalue weighted by Crippen LogP contribution is -2.27. The smallest absolute Gasteiger partial charge is 0.258 e. The number of carbonyl (C=O) groups excluding carboxylic acids is 1. The summed E-state index contributed by atoms with van der Waals surface area (Å²) in [5, 5.41) is 0.460. The van der Waals surface area contributed by atoms with Gasteiger partial charge in [-0.25, -0.2) is 21.2 Å². The number of hydrogen-bond acceptors (Lipinski definition) is 8. The normalized spacial score (nSPS) is 13.4. The van der Waals surface area contributed by atoms with Crippen molar-refractivity contribution in [3.63, 3.8) is 0 Å². The first-order valence-corrected chi connectivity index (χ1v) is 16.4. The molecule has 3 aromatic carbocycles. The molecule has 0 fully saturated rings. The molecule has 0 spiro atoms. The topological polar surface area (TPSA) is 123 Å². The van der Waals surface area contributed by atoms with Crippen molar-refractivity contribution in [2.45, 2.75) is 24.6 Å².